The zero-order valence-corrected chi connectivity index (χ0v) is 10.3. The largest absolute Gasteiger partial charge is 0.319 e. The molecule has 0 aliphatic rings. The molecular weight excluding hydrogens is 238 g/mol. The molecule has 1 heterocycles. The van der Waals surface area contributed by atoms with Gasteiger partial charge < -0.3 is 5.32 Å². The first-order chi connectivity index (χ1) is 8.08. The van der Waals surface area contributed by atoms with Crippen LogP contribution in [0.2, 0.25) is 5.02 Å². The van der Waals surface area contributed by atoms with Gasteiger partial charge in [0.15, 0.2) is 0 Å². The third-order valence-corrected chi connectivity index (χ3v) is 2.69. The van der Waals surface area contributed by atoms with Crippen molar-refractivity contribution in [3.63, 3.8) is 0 Å². The van der Waals surface area contributed by atoms with Crippen molar-refractivity contribution < 1.29 is 4.79 Å². The Morgan fingerprint density at radius 2 is 2.12 bits per heavy atom. The van der Waals surface area contributed by atoms with E-state index in [1.54, 1.807) is 29.9 Å². The van der Waals surface area contributed by atoms with Gasteiger partial charge in [0, 0.05) is 7.05 Å². The predicted octanol–water partition coefficient (Wildman–Crippen LogP) is 2.63. The molecule has 0 atom stereocenters. The van der Waals surface area contributed by atoms with Gasteiger partial charge in [-0.2, -0.15) is 5.10 Å². The Kier molecular flexibility index (Phi) is 3.15. The van der Waals surface area contributed by atoms with Crippen molar-refractivity contribution in [3.05, 3.63) is 46.7 Å². The molecule has 0 spiro atoms. The minimum atomic E-state index is -0.221. The summed E-state index contributed by atoms with van der Waals surface area (Å²) in [6.07, 6.45) is 0. The number of nitrogens with zero attached hydrogens (tertiary/aromatic N) is 2. The van der Waals surface area contributed by atoms with Crippen LogP contribution in [0.25, 0.3) is 0 Å². The fourth-order valence-corrected chi connectivity index (χ4v) is 1.76. The van der Waals surface area contributed by atoms with Crippen LogP contribution in [0.5, 0.6) is 0 Å². The molecular formula is C12H12ClN3O. The number of hydrogen-bond acceptors (Lipinski definition) is 2. The van der Waals surface area contributed by atoms with Crippen molar-refractivity contribution in [2.75, 3.05) is 5.32 Å². The number of benzene rings is 1. The Morgan fingerprint density at radius 3 is 2.71 bits per heavy atom. The highest BCUT2D eigenvalue weighted by molar-refractivity contribution is 6.33. The Morgan fingerprint density at radius 1 is 1.41 bits per heavy atom. The molecule has 88 valence electrons. The summed E-state index contributed by atoms with van der Waals surface area (Å²) in [5.41, 5.74) is 1.90. The van der Waals surface area contributed by atoms with E-state index in [2.05, 4.69) is 10.4 Å². The van der Waals surface area contributed by atoms with Crippen LogP contribution in [0.3, 0.4) is 0 Å². The summed E-state index contributed by atoms with van der Waals surface area (Å²) < 4.78 is 1.54. The normalized spacial score (nSPS) is 10.3. The molecule has 17 heavy (non-hydrogen) atoms. The number of halogens is 1. The highest BCUT2D eigenvalue weighted by Gasteiger charge is 2.12. The second kappa shape index (κ2) is 4.59. The number of nitrogens with one attached hydrogen (secondary N) is 1. The van der Waals surface area contributed by atoms with Gasteiger partial charge in [0.2, 0.25) is 0 Å². The Bertz CT molecular complexity index is 563. The average molecular weight is 250 g/mol. The molecule has 0 radical (unpaired) electrons. The maximum absolute atomic E-state index is 12.0. The first kappa shape index (κ1) is 11.7. The molecule has 2 rings (SSSR count). The zero-order chi connectivity index (χ0) is 12.4. The van der Waals surface area contributed by atoms with Crippen LogP contribution in [-0.2, 0) is 7.05 Å². The number of amides is 1. The number of carbonyl (C=O) groups excluding carboxylic acids is 1. The van der Waals surface area contributed by atoms with Crippen LogP contribution in [0.15, 0.2) is 30.3 Å². The third kappa shape index (κ3) is 2.47. The topological polar surface area (TPSA) is 46.9 Å². The second-order valence-electron chi connectivity index (χ2n) is 3.73. The van der Waals surface area contributed by atoms with E-state index in [0.717, 1.165) is 5.69 Å². The van der Waals surface area contributed by atoms with Crippen LogP contribution >= 0.6 is 11.6 Å². The number of carbonyl (C=O) groups is 1. The third-order valence-electron chi connectivity index (χ3n) is 2.36. The van der Waals surface area contributed by atoms with E-state index < -0.39 is 0 Å². The number of hydrogen-bond donors (Lipinski definition) is 1. The van der Waals surface area contributed by atoms with Gasteiger partial charge in [0.25, 0.3) is 5.91 Å². The number of rotatable bonds is 2. The monoisotopic (exact) mass is 249 g/mol. The highest BCUT2D eigenvalue weighted by atomic mass is 35.5. The van der Waals surface area contributed by atoms with Gasteiger partial charge in [0.05, 0.1) is 16.4 Å². The molecule has 1 amide bonds. The van der Waals surface area contributed by atoms with Crippen LogP contribution in [-0.4, -0.2) is 15.7 Å². The van der Waals surface area contributed by atoms with E-state index in [4.69, 9.17) is 11.6 Å². The number of aryl methyl sites for hydroxylation is 2. The second-order valence-corrected chi connectivity index (χ2v) is 4.14. The molecule has 4 nitrogen and oxygen atoms in total. The lowest BCUT2D eigenvalue weighted by Gasteiger charge is -2.06. The molecule has 0 unspecified atom stereocenters. The molecule has 1 aromatic carbocycles. The number of anilines is 1. The summed E-state index contributed by atoms with van der Waals surface area (Å²) in [6, 6.07) is 8.84. The van der Waals surface area contributed by atoms with Gasteiger partial charge in [-0.15, -0.1) is 0 Å². The first-order valence-corrected chi connectivity index (χ1v) is 5.52. The highest BCUT2D eigenvalue weighted by Crippen LogP contribution is 2.21. The summed E-state index contributed by atoms with van der Waals surface area (Å²) in [5.74, 6) is -0.221. The summed E-state index contributed by atoms with van der Waals surface area (Å²) in [5, 5.41) is 7.38. The lowest BCUT2D eigenvalue weighted by Crippen LogP contribution is -2.16. The van der Waals surface area contributed by atoms with Crippen molar-refractivity contribution >= 4 is 23.2 Å². The smallest absolute Gasteiger partial charge is 0.273 e. The lowest BCUT2D eigenvalue weighted by atomic mass is 10.3. The van der Waals surface area contributed by atoms with Gasteiger partial charge in [-0.1, -0.05) is 23.7 Å². The quantitative estimate of drug-likeness (QED) is 0.889. The van der Waals surface area contributed by atoms with Crippen molar-refractivity contribution in [2.24, 2.45) is 7.05 Å². The average Bonchev–Trinajstić information content (AvgIpc) is 2.61. The maximum Gasteiger partial charge on any atom is 0.273 e. The van der Waals surface area contributed by atoms with Crippen molar-refractivity contribution in [2.45, 2.75) is 6.92 Å². The van der Waals surface area contributed by atoms with Gasteiger partial charge >= 0.3 is 0 Å². The Hall–Kier alpha value is -1.81. The van der Waals surface area contributed by atoms with Gasteiger partial charge in [-0.3, -0.25) is 9.48 Å². The van der Waals surface area contributed by atoms with E-state index in [-0.39, 0.29) is 5.91 Å². The predicted molar refractivity (Wildman–Crippen MR) is 67.4 cm³/mol. The SMILES string of the molecule is Cc1cc(C(=O)Nc2ccccc2Cl)n(C)n1. The number of para-hydroxylation sites is 1. The lowest BCUT2D eigenvalue weighted by molar-refractivity contribution is 0.101. The van der Waals surface area contributed by atoms with E-state index >= 15 is 0 Å². The molecule has 1 N–H and O–H groups in total. The summed E-state index contributed by atoms with van der Waals surface area (Å²) >= 11 is 5.96. The summed E-state index contributed by atoms with van der Waals surface area (Å²) in [7, 11) is 1.73. The van der Waals surface area contributed by atoms with Crippen LogP contribution in [0.1, 0.15) is 16.2 Å². The van der Waals surface area contributed by atoms with Crippen molar-refractivity contribution in [1.29, 1.82) is 0 Å². The summed E-state index contributed by atoms with van der Waals surface area (Å²) in [4.78, 5) is 12.0. The summed E-state index contributed by atoms with van der Waals surface area (Å²) in [6.45, 7) is 1.84. The van der Waals surface area contributed by atoms with E-state index in [9.17, 15) is 4.79 Å². The molecule has 0 aliphatic carbocycles. The van der Waals surface area contributed by atoms with Gasteiger partial charge in [-0.25, -0.2) is 0 Å². The van der Waals surface area contributed by atoms with Crippen LogP contribution < -0.4 is 5.32 Å². The maximum atomic E-state index is 12.0. The van der Waals surface area contributed by atoms with Crippen molar-refractivity contribution in [3.8, 4) is 0 Å². The fraction of sp³-hybridized carbons (Fsp3) is 0.167. The van der Waals surface area contributed by atoms with E-state index in [0.29, 0.717) is 16.4 Å². The zero-order valence-electron chi connectivity index (χ0n) is 9.57. The van der Waals surface area contributed by atoms with Gasteiger partial charge in [-0.05, 0) is 25.1 Å². The fourth-order valence-electron chi connectivity index (χ4n) is 1.57. The molecule has 5 heteroatoms. The molecule has 2 aromatic rings. The van der Waals surface area contributed by atoms with Crippen LogP contribution in [0.4, 0.5) is 5.69 Å². The minimum Gasteiger partial charge on any atom is -0.319 e. The molecule has 0 fully saturated rings. The standard InChI is InChI=1S/C12H12ClN3O/c1-8-7-11(16(2)15-8)12(17)14-10-6-4-3-5-9(10)13/h3-7H,1-2H3,(H,14,17). The molecule has 0 aliphatic heterocycles. The van der Waals surface area contributed by atoms with Crippen LogP contribution in [0, 0.1) is 6.92 Å². The molecule has 0 saturated carbocycles. The number of aromatic nitrogens is 2. The molecule has 0 saturated heterocycles. The first-order valence-electron chi connectivity index (χ1n) is 5.14. The van der Waals surface area contributed by atoms with E-state index in [1.807, 2.05) is 19.1 Å². The van der Waals surface area contributed by atoms with Gasteiger partial charge in [0.1, 0.15) is 5.69 Å². The van der Waals surface area contributed by atoms with E-state index in [1.165, 1.54) is 0 Å². The Labute approximate surface area is 104 Å². The minimum absolute atomic E-state index is 0.221. The van der Waals surface area contributed by atoms with Crippen molar-refractivity contribution in [1.82, 2.24) is 9.78 Å². The molecule has 1 aromatic heterocycles. The Balaban J connectivity index is 2.23. The molecule has 0 bridgehead atoms.